The summed E-state index contributed by atoms with van der Waals surface area (Å²) in [6, 6.07) is 71.0. The molecule has 0 saturated carbocycles. The minimum atomic E-state index is 0.381. The topological polar surface area (TPSA) is 8.17 Å². The molecule has 0 N–H and O–H groups in total. The maximum atomic E-state index is 2.38. The van der Waals surface area contributed by atoms with Crippen LogP contribution in [0, 0.1) is 0 Å². The molecule has 270 valence electrons. The number of aromatic nitrogens is 1. The second-order valence-electron chi connectivity index (χ2n) is 14.9. The molecule has 1 aliphatic carbocycles. The van der Waals surface area contributed by atoms with Crippen LogP contribution in [0.1, 0.15) is 23.5 Å². The normalized spacial score (nSPS) is 14.1. The highest BCUT2D eigenvalue weighted by molar-refractivity contribution is 7.25. The SMILES string of the molecule is C1=CC(c2ccccc2)CC(c2ccc(N(c3ccc(-c4cccc5sc6ccccc6c45)cc3)c3ccc(-n4c5ccccc5c5ccccc54)cc3)cc2)=C1. The molecule has 1 atom stereocenters. The number of fused-ring (bicyclic) bond motifs is 6. The summed E-state index contributed by atoms with van der Waals surface area (Å²) in [7, 11) is 0. The van der Waals surface area contributed by atoms with Gasteiger partial charge in [0.15, 0.2) is 0 Å². The predicted octanol–water partition coefficient (Wildman–Crippen LogP) is 15.4. The summed E-state index contributed by atoms with van der Waals surface area (Å²) in [6.07, 6.45) is 7.80. The summed E-state index contributed by atoms with van der Waals surface area (Å²) in [5.74, 6) is 0.381. The Morgan fingerprint density at radius 3 is 1.72 bits per heavy atom. The highest BCUT2D eigenvalue weighted by Crippen LogP contribution is 2.43. The van der Waals surface area contributed by atoms with E-state index in [1.165, 1.54) is 69.8 Å². The van der Waals surface area contributed by atoms with Crippen molar-refractivity contribution in [2.45, 2.75) is 12.3 Å². The highest BCUT2D eigenvalue weighted by Gasteiger charge is 2.19. The molecule has 2 nitrogen and oxygen atoms in total. The van der Waals surface area contributed by atoms with Gasteiger partial charge in [0.05, 0.1) is 11.0 Å². The smallest absolute Gasteiger partial charge is 0.0541 e. The summed E-state index contributed by atoms with van der Waals surface area (Å²) in [6.45, 7) is 0. The lowest BCUT2D eigenvalue weighted by molar-refractivity contribution is 0.867. The van der Waals surface area contributed by atoms with Crippen molar-refractivity contribution in [2.24, 2.45) is 0 Å². The molecule has 0 radical (unpaired) electrons. The largest absolute Gasteiger partial charge is 0.311 e. The van der Waals surface area contributed by atoms with Gasteiger partial charge in [-0.1, -0.05) is 140 Å². The van der Waals surface area contributed by atoms with Crippen LogP contribution in [0.15, 0.2) is 212 Å². The molecule has 1 unspecified atom stereocenters. The number of anilines is 3. The second kappa shape index (κ2) is 14.0. The average Bonchev–Trinajstić information content (AvgIpc) is 3.84. The van der Waals surface area contributed by atoms with E-state index < -0.39 is 0 Å². The van der Waals surface area contributed by atoms with Crippen molar-refractivity contribution in [1.82, 2.24) is 4.57 Å². The molecule has 8 aromatic carbocycles. The molecule has 0 aliphatic heterocycles. The van der Waals surface area contributed by atoms with E-state index in [0.29, 0.717) is 5.92 Å². The Balaban J connectivity index is 0.985. The second-order valence-corrected chi connectivity index (χ2v) is 16.0. The first kappa shape index (κ1) is 33.4. The van der Waals surface area contributed by atoms with Crippen LogP contribution < -0.4 is 4.90 Å². The Morgan fingerprint density at radius 2 is 1.04 bits per heavy atom. The number of rotatable bonds is 7. The summed E-state index contributed by atoms with van der Waals surface area (Å²) in [5, 5.41) is 5.19. The Hall–Kier alpha value is -6.94. The third-order valence-corrected chi connectivity index (χ3v) is 12.7. The fraction of sp³-hybridized carbons (Fsp3) is 0.0370. The van der Waals surface area contributed by atoms with Gasteiger partial charge in [0.25, 0.3) is 0 Å². The molecule has 2 aromatic heterocycles. The fourth-order valence-electron chi connectivity index (χ4n) is 8.85. The van der Waals surface area contributed by atoms with Crippen molar-refractivity contribution in [3.05, 3.63) is 223 Å². The van der Waals surface area contributed by atoms with Gasteiger partial charge in [-0.05, 0) is 107 Å². The van der Waals surface area contributed by atoms with E-state index in [9.17, 15) is 0 Å². The maximum absolute atomic E-state index is 2.38. The lowest BCUT2D eigenvalue weighted by Gasteiger charge is -2.27. The van der Waals surface area contributed by atoms with E-state index in [1.807, 2.05) is 11.3 Å². The van der Waals surface area contributed by atoms with Crippen LogP contribution in [0.25, 0.3) is 64.4 Å². The minimum Gasteiger partial charge on any atom is -0.311 e. The first-order chi connectivity index (χ1) is 28.3. The molecule has 11 rings (SSSR count). The van der Waals surface area contributed by atoms with E-state index in [-0.39, 0.29) is 0 Å². The molecule has 1 aliphatic rings. The van der Waals surface area contributed by atoms with E-state index in [4.69, 9.17) is 0 Å². The van der Waals surface area contributed by atoms with Gasteiger partial charge in [0.1, 0.15) is 0 Å². The fourth-order valence-corrected chi connectivity index (χ4v) is 9.98. The van der Waals surface area contributed by atoms with Gasteiger partial charge >= 0.3 is 0 Å². The Morgan fingerprint density at radius 1 is 0.474 bits per heavy atom. The van der Waals surface area contributed by atoms with Gasteiger partial charge in [-0.15, -0.1) is 11.3 Å². The number of benzene rings is 8. The Kier molecular flexibility index (Phi) is 8.19. The highest BCUT2D eigenvalue weighted by atomic mass is 32.1. The molecule has 0 saturated heterocycles. The zero-order valence-corrected chi connectivity index (χ0v) is 32.1. The van der Waals surface area contributed by atoms with Crippen LogP contribution in [0.2, 0.25) is 0 Å². The van der Waals surface area contributed by atoms with Crippen LogP contribution in [0.3, 0.4) is 0 Å². The molecule has 2 heterocycles. The molecule has 3 heteroatoms. The number of allylic oxidation sites excluding steroid dienone is 4. The summed E-state index contributed by atoms with van der Waals surface area (Å²) < 4.78 is 5.03. The van der Waals surface area contributed by atoms with Crippen LogP contribution in [-0.4, -0.2) is 4.57 Å². The van der Waals surface area contributed by atoms with Crippen molar-refractivity contribution in [3.8, 4) is 16.8 Å². The van der Waals surface area contributed by atoms with Crippen LogP contribution >= 0.6 is 11.3 Å². The lowest BCUT2D eigenvalue weighted by Crippen LogP contribution is -2.10. The van der Waals surface area contributed by atoms with E-state index >= 15 is 0 Å². The van der Waals surface area contributed by atoms with E-state index in [0.717, 1.165) is 29.2 Å². The van der Waals surface area contributed by atoms with Gasteiger partial charge in [-0.25, -0.2) is 0 Å². The third kappa shape index (κ3) is 5.87. The quantitative estimate of drug-likeness (QED) is 0.158. The van der Waals surface area contributed by atoms with Crippen molar-refractivity contribution in [3.63, 3.8) is 0 Å². The molecule has 0 fully saturated rings. The zero-order chi connectivity index (χ0) is 37.7. The van der Waals surface area contributed by atoms with Crippen LogP contribution in [0.4, 0.5) is 17.1 Å². The minimum absolute atomic E-state index is 0.381. The average molecular weight is 747 g/mol. The standard InChI is InChI=1S/C54H38N2S/c1-2-12-37(13-3-1)40-14-10-15-41(36-40)38-24-28-42(29-25-38)55(43-30-26-39(27-31-43)46-19-11-23-53-54(46)49-18-6-9-22-52(49)57-53)44-32-34-45(35-33-44)56-50-20-7-4-16-47(50)48-17-5-8-21-51(48)56/h1-35,40H,36H2. The van der Waals surface area contributed by atoms with Gasteiger partial charge in [0, 0.05) is 59.6 Å². The first-order valence-electron chi connectivity index (χ1n) is 19.7. The van der Waals surface area contributed by atoms with Gasteiger partial charge in [-0.2, -0.15) is 0 Å². The van der Waals surface area contributed by atoms with Gasteiger partial charge < -0.3 is 9.47 Å². The van der Waals surface area contributed by atoms with Crippen molar-refractivity contribution in [2.75, 3.05) is 4.90 Å². The van der Waals surface area contributed by atoms with Crippen LogP contribution in [-0.2, 0) is 0 Å². The Bertz CT molecular complexity index is 3080. The zero-order valence-electron chi connectivity index (χ0n) is 31.3. The molecule has 57 heavy (non-hydrogen) atoms. The number of hydrogen-bond donors (Lipinski definition) is 0. The monoisotopic (exact) mass is 746 g/mol. The van der Waals surface area contributed by atoms with Crippen molar-refractivity contribution in [1.29, 1.82) is 0 Å². The van der Waals surface area contributed by atoms with Gasteiger partial charge in [0.2, 0.25) is 0 Å². The summed E-state index contributed by atoms with van der Waals surface area (Å²) in [5.41, 5.74) is 13.4. The number of para-hydroxylation sites is 2. The molecule has 0 amide bonds. The predicted molar refractivity (Wildman–Crippen MR) is 245 cm³/mol. The number of thiophene rings is 1. The molecular weight excluding hydrogens is 709 g/mol. The maximum Gasteiger partial charge on any atom is 0.0541 e. The third-order valence-electron chi connectivity index (χ3n) is 11.6. The van der Waals surface area contributed by atoms with Gasteiger partial charge in [-0.3, -0.25) is 0 Å². The summed E-state index contributed by atoms with van der Waals surface area (Å²) in [4.78, 5) is 2.38. The first-order valence-corrected chi connectivity index (χ1v) is 20.5. The van der Waals surface area contributed by atoms with Crippen LogP contribution in [0.5, 0.6) is 0 Å². The van der Waals surface area contributed by atoms with E-state index in [2.05, 4.69) is 222 Å². The number of hydrogen-bond acceptors (Lipinski definition) is 2. The lowest BCUT2D eigenvalue weighted by atomic mass is 9.85. The molecular formula is C54H38N2S. The number of nitrogens with zero attached hydrogens (tertiary/aromatic N) is 2. The molecule has 0 bridgehead atoms. The van der Waals surface area contributed by atoms with E-state index in [1.54, 1.807) is 0 Å². The van der Waals surface area contributed by atoms with Crippen molar-refractivity contribution < 1.29 is 0 Å². The summed E-state index contributed by atoms with van der Waals surface area (Å²) >= 11 is 1.87. The molecule has 10 aromatic rings. The molecule has 0 spiro atoms. The van der Waals surface area contributed by atoms with Crippen molar-refractivity contribution >= 4 is 76.0 Å². The Labute approximate surface area is 336 Å².